The van der Waals surface area contributed by atoms with E-state index in [-0.39, 0.29) is 0 Å². The highest BCUT2D eigenvalue weighted by Crippen LogP contribution is 2.25. The van der Waals surface area contributed by atoms with Crippen molar-refractivity contribution in [2.24, 2.45) is 0 Å². The monoisotopic (exact) mass is 331 g/mol. The molecule has 1 N–H and O–H groups in total. The average Bonchev–Trinajstić information content (AvgIpc) is 2.98. The topological polar surface area (TPSA) is 21.3 Å². The van der Waals surface area contributed by atoms with Crippen LogP contribution in [0, 0.1) is 0 Å². The van der Waals surface area contributed by atoms with Crippen LogP contribution in [0.25, 0.3) is 0 Å². The van der Waals surface area contributed by atoms with Gasteiger partial charge in [-0.25, -0.2) is 0 Å². The van der Waals surface area contributed by atoms with Crippen LogP contribution in [-0.2, 0) is 11.2 Å². The summed E-state index contributed by atoms with van der Waals surface area (Å²) in [7, 11) is 0. The fourth-order valence-electron chi connectivity index (χ4n) is 2.44. The van der Waals surface area contributed by atoms with Crippen molar-refractivity contribution in [2.75, 3.05) is 13.2 Å². The molecule has 2 rings (SSSR count). The number of halogens is 1. The standard InChI is InChI=1S/C14H22BrNOS/c1-2-7-16-11(9-12-4-3-8-17-12)10-13-5-6-14(15)18-13/h5-6,11-12,16H,2-4,7-10H2,1H3. The third kappa shape index (κ3) is 4.65. The minimum absolute atomic E-state index is 0.475. The number of nitrogens with one attached hydrogen (secondary N) is 1. The maximum absolute atomic E-state index is 5.76. The first-order valence-corrected chi connectivity index (χ1v) is 8.48. The smallest absolute Gasteiger partial charge is 0.0701 e. The summed E-state index contributed by atoms with van der Waals surface area (Å²) in [5.41, 5.74) is 0. The molecule has 0 aliphatic carbocycles. The van der Waals surface area contributed by atoms with E-state index in [1.54, 1.807) is 0 Å². The van der Waals surface area contributed by atoms with Gasteiger partial charge in [0.05, 0.1) is 9.89 Å². The Morgan fingerprint density at radius 1 is 1.56 bits per heavy atom. The molecule has 0 amide bonds. The number of ether oxygens (including phenoxy) is 1. The van der Waals surface area contributed by atoms with Crippen LogP contribution in [0.15, 0.2) is 15.9 Å². The van der Waals surface area contributed by atoms with Crippen LogP contribution in [0.3, 0.4) is 0 Å². The number of hydrogen-bond acceptors (Lipinski definition) is 3. The van der Waals surface area contributed by atoms with Crippen molar-refractivity contribution < 1.29 is 4.74 Å². The fraction of sp³-hybridized carbons (Fsp3) is 0.714. The lowest BCUT2D eigenvalue weighted by atomic mass is 10.0. The van der Waals surface area contributed by atoms with Gasteiger partial charge in [-0.15, -0.1) is 11.3 Å². The molecule has 0 bridgehead atoms. The van der Waals surface area contributed by atoms with Crippen LogP contribution in [0.4, 0.5) is 0 Å². The lowest BCUT2D eigenvalue weighted by Gasteiger charge is -2.21. The Labute approximate surface area is 122 Å². The molecule has 2 unspecified atom stereocenters. The Balaban J connectivity index is 1.86. The maximum atomic E-state index is 5.76. The predicted molar refractivity (Wildman–Crippen MR) is 81.4 cm³/mol. The lowest BCUT2D eigenvalue weighted by molar-refractivity contribution is 0.0946. The fourth-order valence-corrected chi connectivity index (χ4v) is 4.00. The van der Waals surface area contributed by atoms with E-state index in [0.29, 0.717) is 12.1 Å². The summed E-state index contributed by atoms with van der Waals surface area (Å²) in [6.07, 6.45) is 6.40. The third-order valence-electron chi connectivity index (χ3n) is 3.33. The van der Waals surface area contributed by atoms with Gasteiger partial charge in [0.2, 0.25) is 0 Å². The maximum Gasteiger partial charge on any atom is 0.0701 e. The Kier molecular flexibility index (Phi) is 6.15. The van der Waals surface area contributed by atoms with Crippen LogP contribution >= 0.6 is 27.3 Å². The largest absolute Gasteiger partial charge is 0.378 e. The van der Waals surface area contributed by atoms with E-state index in [2.05, 4.69) is 40.3 Å². The van der Waals surface area contributed by atoms with E-state index in [0.717, 1.165) is 26.0 Å². The first kappa shape index (κ1) is 14.5. The molecule has 1 aromatic rings. The van der Waals surface area contributed by atoms with Gasteiger partial charge < -0.3 is 10.1 Å². The summed E-state index contributed by atoms with van der Waals surface area (Å²) in [6, 6.07) is 4.92. The Morgan fingerprint density at radius 3 is 3.06 bits per heavy atom. The molecule has 4 heteroatoms. The van der Waals surface area contributed by atoms with Gasteiger partial charge in [0, 0.05) is 17.5 Å². The van der Waals surface area contributed by atoms with Gasteiger partial charge in [-0.3, -0.25) is 0 Å². The molecule has 0 aromatic carbocycles. The van der Waals surface area contributed by atoms with E-state index >= 15 is 0 Å². The first-order valence-electron chi connectivity index (χ1n) is 6.87. The van der Waals surface area contributed by atoms with Crippen LogP contribution in [-0.4, -0.2) is 25.3 Å². The highest BCUT2D eigenvalue weighted by molar-refractivity contribution is 9.11. The molecule has 1 aromatic heterocycles. The summed E-state index contributed by atoms with van der Waals surface area (Å²) >= 11 is 5.38. The molecule has 18 heavy (non-hydrogen) atoms. The van der Waals surface area contributed by atoms with Crippen molar-refractivity contribution in [3.63, 3.8) is 0 Å². The average molecular weight is 332 g/mol. The predicted octanol–water partition coefficient (Wildman–Crippen LogP) is 3.99. The second-order valence-corrected chi connectivity index (χ2v) is 7.48. The quantitative estimate of drug-likeness (QED) is 0.815. The van der Waals surface area contributed by atoms with Gasteiger partial charge in [0.1, 0.15) is 0 Å². The number of hydrogen-bond donors (Lipinski definition) is 1. The molecule has 102 valence electrons. The van der Waals surface area contributed by atoms with Gasteiger partial charge in [0.25, 0.3) is 0 Å². The zero-order valence-electron chi connectivity index (χ0n) is 11.0. The van der Waals surface area contributed by atoms with Gasteiger partial charge >= 0.3 is 0 Å². The second-order valence-electron chi connectivity index (χ2n) is 4.93. The molecule has 2 atom stereocenters. The van der Waals surface area contributed by atoms with E-state index < -0.39 is 0 Å². The summed E-state index contributed by atoms with van der Waals surface area (Å²) in [5, 5.41) is 3.67. The minimum atomic E-state index is 0.475. The van der Waals surface area contributed by atoms with Crippen molar-refractivity contribution in [3.8, 4) is 0 Å². The summed E-state index contributed by atoms with van der Waals surface area (Å²) < 4.78 is 6.99. The van der Waals surface area contributed by atoms with Gasteiger partial charge in [-0.2, -0.15) is 0 Å². The molecule has 0 spiro atoms. The van der Waals surface area contributed by atoms with E-state index in [9.17, 15) is 0 Å². The zero-order valence-corrected chi connectivity index (χ0v) is 13.4. The molecule has 2 nitrogen and oxygen atoms in total. The molecule has 0 radical (unpaired) electrons. The van der Waals surface area contributed by atoms with E-state index in [1.165, 1.54) is 27.9 Å². The van der Waals surface area contributed by atoms with Crippen molar-refractivity contribution in [1.29, 1.82) is 0 Å². The Morgan fingerprint density at radius 2 is 2.44 bits per heavy atom. The lowest BCUT2D eigenvalue weighted by Crippen LogP contribution is -2.34. The Bertz CT molecular complexity index is 349. The molecular weight excluding hydrogens is 310 g/mol. The molecule has 2 heterocycles. The SMILES string of the molecule is CCCNC(Cc1ccc(Br)s1)CC1CCCO1. The molecule has 1 fully saturated rings. The molecule has 1 aliphatic rings. The Hall–Kier alpha value is 0.1000. The second kappa shape index (κ2) is 7.63. The van der Waals surface area contributed by atoms with Gasteiger partial charge in [0.15, 0.2) is 0 Å². The van der Waals surface area contributed by atoms with E-state index in [4.69, 9.17) is 4.74 Å². The molecular formula is C14H22BrNOS. The van der Waals surface area contributed by atoms with Crippen LogP contribution in [0.5, 0.6) is 0 Å². The summed E-state index contributed by atoms with van der Waals surface area (Å²) in [4.78, 5) is 1.45. The van der Waals surface area contributed by atoms with Gasteiger partial charge in [-0.05, 0) is 66.7 Å². The third-order valence-corrected chi connectivity index (χ3v) is 4.98. The minimum Gasteiger partial charge on any atom is -0.378 e. The molecule has 1 aliphatic heterocycles. The number of thiophene rings is 1. The molecule has 0 saturated carbocycles. The molecule has 1 saturated heterocycles. The normalized spacial score (nSPS) is 21.3. The van der Waals surface area contributed by atoms with Gasteiger partial charge in [-0.1, -0.05) is 6.92 Å². The van der Waals surface area contributed by atoms with Crippen molar-refractivity contribution in [2.45, 2.75) is 51.2 Å². The number of rotatable bonds is 7. The zero-order chi connectivity index (χ0) is 12.8. The van der Waals surface area contributed by atoms with Crippen LogP contribution in [0.2, 0.25) is 0 Å². The summed E-state index contributed by atoms with van der Waals surface area (Å²) in [5.74, 6) is 0. The van der Waals surface area contributed by atoms with Crippen molar-refractivity contribution in [3.05, 3.63) is 20.8 Å². The van der Waals surface area contributed by atoms with Crippen LogP contribution in [0.1, 0.15) is 37.5 Å². The van der Waals surface area contributed by atoms with Crippen LogP contribution < -0.4 is 5.32 Å². The highest BCUT2D eigenvalue weighted by atomic mass is 79.9. The van der Waals surface area contributed by atoms with E-state index in [1.807, 2.05) is 11.3 Å². The highest BCUT2D eigenvalue weighted by Gasteiger charge is 2.21. The van der Waals surface area contributed by atoms with Crippen molar-refractivity contribution in [1.82, 2.24) is 5.32 Å². The summed E-state index contributed by atoms with van der Waals surface area (Å²) in [6.45, 7) is 4.28. The van der Waals surface area contributed by atoms with Crippen molar-refractivity contribution >= 4 is 27.3 Å². The first-order chi connectivity index (χ1) is 8.78.